The summed E-state index contributed by atoms with van der Waals surface area (Å²) in [5.74, 6) is -1.97. The minimum Gasteiger partial charge on any atom is -0.478 e. The molecule has 106 valence electrons. The highest BCUT2D eigenvalue weighted by Gasteiger charge is 2.16. The van der Waals surface area contributed by atoms with Crippen LogP contribution in [0.25, 0.3) is 0 Å². The molecule has 6 heteroatoms. The van der Waals surface area contributed by atoms with Crippen LogP contribution in [0.15, 0.2) is 34.9 Å². The molecule has 1 aromatic carbocycles. The molecule has 1 unspecified atom stereocenters. The van der Waals surface area contributed by atoms with Gasteiger partial charge in [0, 0.05) is 11.6 Å². The fourth-order valence-corrected chi connectivity index (χ4v) is 1.87. The molecule has 2 N–H and O–H groups in total. The van der Waals surface area contributed by atoms with E-state index in [0.29, 0.717) is 5.76 Å². The predicted octanol–water partition coefficient (Wildman–Crippen LogP) is 3.11. The Bertz CT molecular complexity index is 604. The van der Waals surface area contributed by atoms with E-state index in [2.05, 4.69) is 5.32 Å². The van der Waals surface area contributed by atoms with Crippen molar-refractivity contribution in [3.8, 4) is 0 Å². The van der Waals surface area contributed by atoms with Gasteiger partial charge in [-0.2, -0.15) is 0 Å². The molecule has 0 spiro atoms. The first-order valence-corrected chi connectivity index (χ1v) is 5.97. The predicted molar refractivity (Wildman–Crippen MR) is 67.3 cm³/mol. The van der Waals surface area contributed by atoms with Crippen LogP contribution in [0.5, 0.6) is 0 Å². The van der Waals surface area contributed by atoms with Crippen molar-refractivity contribution in [3.63, 3.8) is 0 Å². The molecule has 2 rings (SSSR count). The highest BCUT2D eigenvalue weighted by molar-refractivity contribution is 5.87. The number of halogens is 2. The van der Waals surface area contributed by atoms with Crippen molar-refractivity contribution < 1.29 is 23.1 Å². The van der Waals surface area contributed by atoms with Gasteiger partial charge in [0.2, 0.25) is 0 Å². The molecule has 1 heterocycles. The standard InChI is InChI=1S/C14H13F2NO3/c1-8(13-11(15)3-2-4-12(13)16)17-6-10-5-9(7-20-10)14(18)19/h2-5,7-8,17H,6H2,1H3,(H,18,19). The summed E-state index contributed by atoms with van der Waals surface area (Å²) in [5, 5.41) is 11.6. The average molecular weight is 281 g/mol. The Morgan fingerprint density at radius 3 is 2.60 bits per heavy atom. The van der Waals surface area contributed by atoms with Crippen LogP contribution < -0.4 is 5.32 Å². The van der Waals surface area contributed by atoms with E-state index in [1.54, 1.807) is 6.92 Å². The topological polar surface area (TPSA) is 62.5 Å². The van der Waals surface area contributed by atoms with Crippen molar-refractivity contribution in [2.45, 2.75) is 19.5 Å². The molecule has 0 aliphatic carbocycles. The van der Waals surface area contributed by atoms with E-state index < -0.39 is 23.6 Å². The highest BCUT2D eigenvalue weighted by atomic mass is 19.1. The molecule has 0 fully saturated rings. The largest absolute Gasteiger partial charge is 0.478 e. The van der Waals surface area contributed by atoms with E-state index in [9.17, 15) is 13.6 Å². The van der Waals surface area contributed by atoms with Gasteiger partial charge in [0.1, 0.15) is 23.7 Å². The van der Waals surface area contributed by atoms with E-state index in [1.807, 2.05) is 0 Å². The number of furan rings is 1. The van der Waals surface area contributed by atoms with E-state index in [0.717, 1.165) is 6.26 Å². The molecule has 0 saturated heterocycles. The third-order valence-corrected chi connectivity index (χ3v) is 2.92. The van der Waals surface area contributed by atoms with Gasteiger partial charge in [0.25, 0.3) is 0 Å². The third-order valence-electron chi connectivity index (χ3n) is 2.92. The molecule has 0 bridgehead atoms. The first-order valence-electron chi connectivity index (χ1n) is 5.97. The maximum Gasteiger partial charge on any atom is 0.338 e. The van der Waals surface area contributed by atoms with Crippen molar-refractivity contribution in [1.82, 2.24) is 5.32 Å². The smallest absolute Gasteiger partial charge is 0.338 e. The van der Waals surface area contributed by atoms with Crippen LogP contribution in [0.2, 0.25) is 0 Å². The molecule has 2 aromatic rings. The Labute approximate surface area is 114 Å². The normalized spacial score (nSPS) is 12.3. The monoisotopic (exact) mass is 281 g/mol. The SMILES string of the molecule is CC(NCc1cc(C(=O)O)co1)c1c(F)cccc1F. The number of benzene rings is 1. The lowest BCUT2D eigenvalue weighted by Gasteiger charge is -2.14. The van der Waals surface area contributed by atoms with Crippen molar-refractivity contribution >= 4 is 5.97 Å². The minimum atomic E-state index is -1.09. The number of hydrogen-bond donors (Lipinski definition) is 2. The lowest BCUT2D eigenvalue weighted by Crippen LogP contribution is -2.20. The molecule has 0 radical (unpaired) electrons. The second-order valence-electron chi connectivity index (χ2n) is 4.34. The van der Waals surface area contributed by atoms with Gasteiger partial charge in [0.15, 0.2) is 0 Å². The molecule has 1 atom stereocenters. The van der Waals surface area contributed by atoms with Crippen LogP contribution in [0.4, 0.5) is 8.78 Å². The van der Waals surface area contributed by atoms with Crippen LogP contribution in [0.1, 0.15) is 34.6 Å². The van der Waals surface area contributed by atoms with E-state index in [1.165, 1.54) is 24.3 Å². The quantitative estimate of drug-likeness (QED) is 0.884. The number of carbonyl (C=O) groups is 1. The highest BCUT2D eigenvalue weighted by Crippen LogP contribution is 2.20. The van der Waals surface area contributed by atoms with Crippen molar-refractivity contribution in [3.05, 3.63) is 59.1 Å². The molecule has 20 heavy (non-hydrogen) atoms. The number of carboxylic acid groups (broad SMARTS) is 1. The number of carboxylic acids is 1. The number of aromatic carboxylic acids is 1. The number of nitrogens with one attached hydrogen (secondary N) is 1. The van der Waals surface area contributed by atoms with E-state index >= 15 is 0 Å². The summed E-state index contributed by atoms with van der Waals surface area (Å²) < 4.78 is 32.2. The van der Waals surface area contributed by atoms with Gasteiger partial charge < -0.3 is 14.8 Å². The second kappa shape index (κ2) is 5.83. The maximum atomic E-state index is 13.6. The van der Waals surface area contributed by atoms with Gasteiger partial charge in [-0.3, -0.25) is 0 Å². The van der Waals surface area contributed by atoms with Gasteiger partial charge in [0.05, 0.1) is 12.1 Å². The summed E-state index contributed by atoms with van der Waals surface area (Å²) in [6, 6.07) is 4.46. The van der Waals surface area contributed by atoms with Gasteiger partial charge in [-0.25, -0.2) is 13.6 Å². The number of rotatable bonds is 5. The lowest BCUT2D eigenvalue weighted by molar-refractivity contribution is 0.0696. The Morgan fingerprint density at radius 2 is 2.05 bits per heavy atom. The molecule has 0 amide bonds. The zero-order valence-electron chi connectivity index (χ0n) is 10.7. The zero-order valence-corrected chi connectivity index (χ0v) is 10.7. The zero-order chi connectivity index (χ0) is 14.7. The molecule has 0 aliphatic heterocycles. The summed E-state index contributed by atoms with van der Waals surface area (Å²) >= 11 is 0. The van der Waals surface area contributed by atoms with Crippen LogP contribution in [-0.2, 0) is 6.54 Å². The first-order chi connectivity index (χ1) is 9.49. The van der Waals surface area contributed by atoms with E-state index in [-0.39, 0.29) is 17.7 Å². The summed E-state index contributed by atoms with van der Waals surface area (Å²) in [6.45, 7) is 1.78. The molecule has 1 aromatic heterocycles. The Balaban J connectivity index is 2.04. The van der Waals surface area contributed by atoms with Gasteiger partial charge in [-0.1, -0.05) is 6.07 Å². The first kappa shape index (κ1) is 14.2. The third kappa shape index (κ3) is 3.03. The fraction of sp³-hybridized carbons (Fsp3) is 0.214. The van der Waals surface area contributed by atoms with Gasteiger partial charge >= 0.3 is 5.97 Å². The molecule has 0 aliphatic rings. The Hall–Kier alpha value is -2.21. The lowest BCUT2D eigenvalue weighted by atomic mass is 10.1. The fourth-order valence-electron chi connectivity index (χ4n) is 1.87. The molecular formula is C14H13F2NO3. The second-order valence-corrected chi connectivity index (χ2v) is 4.34. The Morgan fingerprint density at radius 1 is 1.40 bits per heavy atom. The van der Waals surface area contributed by atoms with Gasteiger partial charge in [-0.05, 0) is 25.1 Å². The molecule has 0 saturated carbocycles. The van der Waals surface area contributed by atoms with Crippen LogP contribution in [0, 0.1) is 11.6 Å². The van der Waals surface area contributed by atoms with Gasteiger partial charge in [-0.15, -0.1) is 0 Å². The average Bonchev–Trinajstić information content (AvgIpc) is 2.85. The van der Waals surface area contributed by atoms with Crippen LogP contribution >= 0.6 is 0 Å². The number of hydrogen-bond acceptors (Lipinski definition) is 3. The van der Waals surface area contributed by atoms with Crippen LogP contribution in [-0.4, -0.2) is 11.1 Å². The summed E-state index contributed by atoms with van der Waals surface area (Å²) in [4.78, 5) is 10.7. The summed E-state index contributed by atoms with van der Waals surface area (Å²) in [7, 11) is 0. The molecule has 4 nitrogen and oxygen atoms in total. The maximum absolute atomic E-state index is 13.6. The Kier molecular flexibility index (Phi) is 4.14. The van der Waals surface area contributed by atoms with Crippen molar-refractivity contribution in [2.75, 3.05) is 0 Å². The van der Waals surface area contributed by atoms with Crippen LogP contribution in [0.3, 0.4) is 0 Å². The minimum absolute atomic E-state index is 0.0338. The summed E-state index contributed by atoms with van der Waals surface area (Å²) in [5.41, 5.74) is -0.0240. The van der Waals surface area contributed by atoms with Crippen molar-refractivity contribution in [1.29, 1.82) is 0 Å². The van der Waals surface area contributed by atoms with Crippen molar-refractivity contribution in [2.24, 2.45) is 0 Å². The summed E-state index contributed by atoms with van der Waals surface area (Å²) in [6.07, 6.45) is 1.12. The molecular weight excluding hydrogens is 268 g/mol. The van der Waals surface area contributed by atoms with E-state index in [4.69, 9.17) is 9.52 Å².